The lowest BCUT2D eigenvalue weighted by Crippen LogP contribution is -2.33. The molecule has 0 saturated heterocycles. The number of benzene rings is 8. The van der Waals surface area contributed by atoms with E-state index in [9.17, 15) is 0 Å². The van der Waals surface area contributed by atoms with Gasteiger partial charge in [0.15, 0.2) is 23.3 Å². The van der Waals surface area contributed by atoms with Crippen molar-refractivity contribution >= 4 is 22.4 Å². The van der Waals surface area contributed by atoms with E-state index in [4.69, 9.17) is 24.9 Å². The Labute approximate surface area is 337 Å². The van der Waals surface area contributed by atoms with Crippen LogP contribution in [0.3, 0.4) is 0 Å². The Kier molecular flexibility index (Phi) is 9.18. The van der Waals surface area contributed by atoms with Gasteiger partial charge in [-0.2, -0.15) is 0 Å². The van der Waals surface area contributed by atoms with Crippen molar-refractivity contribution in [1.82, 2.24) is 20.3 Å². The summed E-state index contributed by atoms with van der Waals surface area (Å²) in [6.07, 6.45) is -0.245. The van der Waals surface area contributed by atoms with Crippen LogP contribution in [0.2, 0.25) is 0 Å². The average Bonchev–Trinajstić information content (AvgIpc) is 3.32. The van der Waals surface area contributed by atoms with E-state index in [-0.39, 0.29) is 6.17 Å². The number of rotatable bonds is 8. The van der Waals surface area contributed by atoms with E-state index >= 15 is 0 Å². The molecule has 0 spiro atoms. The van der Waals surface area contributed by atoms with E-state index in [1.165, 1.54) is 16.3 Å². The molecule has 0 aliphatic carbocycles. The van der Waals surface area contributed by atoms with Gasteiger partial charge in [-0.3, -0.25) is 0 Å². The highest BCUT2D eigenvalue weighted by molar-refractivity contribution is 6.13. The molecule has 0 amide bonds. The van der Waals surface area contributed by atoms with Crippen molar-refractivity contribution in [2.24, 2.45) is 9.98 Å². The van der Waals surface area contributed by atoms with E-state index in [0.717, 1.165) is 55.9 Å². The summed E-state index contributed by atoms with van der Waals surface area (Å²) in [5, 5.41) is 5.95. The van der Waals surface area contributed by atoms with Crippen LogP contribution in [0.5, 0.6) is 0 Å². The molecule has 0 fully saturated rings. The second kappa shape index (κ2) is 15.4. The Bertz CT molecular complexity index is 2870. The summed E-state index contributed by atoms with van der Waals surface area (Å²) in [5.41, 5.74) is 10.5. The molecule has 1 aliphatic heterocycles. The minimum absolute atomic E-state index is 0.245. The van der Waals surface area contributed by atoms with Crippen molar-refractivity contribution in [3.8, 4) is 56.4 Å². The summed E-state index contributed by atoms with van der Waals surface area (Å²) in [6, 6.07) is 70.8. The van der Waals surface area contributed by atoms with E-state index in [1.807, 2.05) is 97.1 Å². The topological polar surface area (TPSA) is 75.4 Å². The molecular formula is C52H36N6. The van der Waals surface area contributed by atoms with Crippen LogP contribution in [0.4, 0.5) is 0 Å². The third kappa shape index (κ3) is 6.95. The Morgan fingerprint density at radius 1 is 0.328 bits per heavy atom. The quantitative estimate of drug-likeness (QED) is 0.168. The minimum atomic E-state index is -0.245. The van der Waals surface area contributed by atoms with Gasteiger partial charge in [0.05, 0.1) is 0 Å². The molecule has 1 atom stereocenters. The minimum Gasteiger partial charge on any atom is -0.344 e. The van der Waals surface area contributed by atoms with Crippen LogP contribution >= 0.6 is 0 Å². The van der Waals surface area contributed by atoms with Crippen molar-refractivity contribution in [2.45, 2.75) is 6.17 Å². The number of aliphatic imine (C=N–C) groups is 2. The molecular weight excluding hydrogens is 709 g/mol. The number of nitrogens with one attached hydrogen (secondary N) is 1. The zero-order chi connectivity index (χ0) is 38.7. The first kappa shape index (κ1) is 34.6. The van der Waals surface area contributed by atoms with Crippen molar-refractivity contribution in [3.63, 3.8) is 0 Å². The zero-order valence-corrected chi connectivity index (χ0v) is 31.4. The fourth-order valence-electron chi connectivity index (χ4n) is 7.48. The molecule has 6 heteroatoms. The standard InChI is InChI=1S/C52H36N6/c1-5-15-37(16-6-1)47-53-48(38-17-7-2-8-18-38)56-51(55-47)41-31-27-35(28-32-41)43-23-13-26-46-44(24-14-25-45(43)46)36-29-33-42(34-30-36)52-57-49(39-19-9-3-10-20-39)54-50(58-52)40-21-11-4-12-22-40/h1-34,47H,(H,53,55,56). The highest BCUT2D eigenvalue weighted by Crippen LogP contribution is 2.36. The number of hydrogen-bond acceptors (Lipinski definition) is 6. The largest absolute Gasteiger partial charge is 0.344 e. The van der Waals surface area contributed by atoms with Gasteiger partial charge in [-0.25, -0.2) is 24.9 Å². The first-order valence-corrected chi connectivity index (χ1v) is 19.4. The number of hydrogen-bond donors (Lipinski definition) is 1. The molecule has 10 rings (SSSR count). The van der Waals surface area contributed by atoms with E-state index in [1.54, 1.807) is 0 Å². The van der Waals surface area contributed by atoms with E-state index < -0.39 is 0 Å². The molecule has 274 valence electrons. The van der Waals surface area contributed by atoms with Crippen molar-refractivity contribution in [3.05, 3.63) is 223 Å². The number of nitrogens with zero attached hydrogens (tertiary/aromatic N) is 5. The van der Waals surface area contributed by atoms with Gasteiger partial charge in [0.2, 0.25) is 0 Å². The average molecular weight is 745 g/mol. The molecule has 0 radical (unpaired) electrons. The number of fused-ring (bicyclic) bond motifs is 1. The molecule has 58 heavy (non-hydrogen) atoms. The van der Waals surface area contributed by atoms with Crippen molar-refractivity contribution in [1.29, 1.82) is 0 Å². The summed E-state index contributed by atoms with van der Waals surface area (Å²) in [4.78, 5) is 24.7. The van der Waals surface area contributed by atoms with Crippen LogP contribution in [0.25, 0.3) is 67.2 Å². The van der Waals surface area contributed by atoms with Gasteiger partial charge in [0, 0.05) is 27.8 Å². The highest BCUT2D eigenvalue weighted by atomic mass is 15.2. The molecule has 0 saturated carbocycles. The lowest BCUT2D eigenvalue weighted by Gasteiger charge is -2.23. The molecule has 1 aliphatic rings. The Balaban J connectivity index is 0.963. The Morgan fingerprint density at radius 3 is 1.21 bits per heavy atom. The molecule has 0 bridgehead atoms. The third-order valence-corrected chi connectivity index (χ3v) is 10.4. The van der Waals surface area contributed by atoms with Crippen LogP contribution in [0.15, 0.2) is 216 Å². The molecule has 1 unspecified atom stereocenters. The molecule has 1 aromatic heterocycles. The van der Waals surface area contributed by atoms with Crippen LogP contribution in [0.1, 0.15) is 22.9 Å². The lowest BCUT2D eigenvalue weighted by molar-refractivity contribution is 0.674. The first-order chi connectivity index (χ1) is 28.7. The second-order valence-corrected chi connectivity index (χ2v) is 14.1. The lowest BCUT2D eigenvalue weighted by atomic mass is 9.92. The molecule has 1 N–H and O–H groups in total. The summed E-state index contributed by atoms with van der Waals surface area (Å²) in [5.74, 6) is 3.43. The van der Waals surface area contributed by atoms with Gasteiger partial charge < -0.3 is 5.32 Å². The second-order valence-electron chi connectivity index (χ2n) is 14.1. The molecule has 6 nitrogen and oxygen atoms in total. The predicted octanol–water partition coefficient (Wildman–Crippen LogP) is 11.9. The summed E-state index contributed by atoms with van der Waals surface area (Å²) in [7, 11) is 0. The zero-order valence-electron chi connectivity index (χ0n) is 31.4. The fraction of sp³-hybridized carbons (Fsp3) is 0.0192. The fourth-order valence-corrected chi connectivity index (χ4v) is 7.48. The highest BCUT2D eigenvalue weighted by Gasteiger charge is 2.21. The third-order valence-electron chi connectivity index (χ3n) is 10.4. The maximum absolute atomic E-state index is 5.00. The smallest absolute Gasteiger partial charge is 0.164 e. The van der Waals surface area contributed by atoms with Gasteiger partial charge in [0.1, 0.15) is 12.0 Å². The van der Waals surface area contributed by atoms with Gasteiger partial charge in [-0.05, 0) is 38.6 Å². The Morgan fingerprint density at radius 2 is 0.724 bits per heavy atom. The van der Waals surface area contributed by atoms with Gasteiger partial charge >= 0.3 is 0 Å². The van der Waals surface area contributed by atoms with Gasteiger partial charge in [0.25, 0.3) is 0 Å². The molecule has 2 heterocycles. The Hall–Kier alpha value is -7.83. The summed E-state index contributed by atoms with van der Waals surface area (Å²) in [6.45, 7) is 0. The van der Waals surface area contributed by atoms with Crippen molar-refractivity contribution < 1.29 is 0 Å². The monoisotopic (exact) mass is 744 g/mol. The van der Waals surface area contributed by atoms with Crippen LogP contribution in [0, 0.1) is 0 Å². The van der Waals surface area contributed by atoms with Crippen molar-refractivity contribution in [2.75, 3.05) is 0 Å². The number of amidine groups is 2. The SMILES string of the molecule is c1ccc(C2=NC(c3ccccc3)NC(c3ccc(-c4cccc5c(-c6ccc(-c7nc(-c8ccccc8)nc(-c8ccccc8)n7)cc6)cccc45)cc3)=N2)cc1. The summed E-state index contributed by atoms with van der Waals surface area (Å²) < 4.78 is 0. The van der Waals surface area contributed by atoms with Crippen LogP contribution in [-0.4, -0.2) is 26.6 Å². The normalized spacial score (nSPS) is 13.7. The van der Waals surface area contributed by atoms with E-state index in [0.29, 0.717) is 23.3 Å². The van der Waals surface area contributed by atoms with Crippen LogP contribution in [-0.2, 0) is 0 Å². The maximum Gasteiger partial charge on any atom is 0.164 e. The first-order valence-electron chi connectivity index (χ1n) is 19.4. The maximum atomic E-state index is 5.00. The molecule has 8 aromatic carbocycles. The van der Waals surface area contributed by atoms with Gasteiger partial charge in [-0.15, -0.1) is 0 Å². The van der Waals surface area contributed by atoms with E-state index in [2.05, 4.69) is 115 Å². The molecule has 9 aromatic rings. The van der Waals surface area contributed by atoms with Gasteiger partial charge in [-0.1, -0.05) is 206 Å². The predicted molar refractivity (Wildman–Crippen MR) is 236 cm³/mol. The number of aromatic nitrogens is 3. The summed E-state index contributed by atoms with van der Waals surface area (Å²) >= 11 is 0. The van der Waals surface area contributed by atoms with Crippen LogP contribution < -0.4 is 5.32 Å².